The molecule has 0 fully saturated rings. The topological polar surface area (TPSA) is 116 Å². The van der Waals surface area contributed by atoms with E-state index >= 15 is 0 Å². The zero-order valence-corrected chi connectivity index (χ0v) is 14.0. The first-order chi connectivity index (χ1) is 11.3. The molecule has 0 aliphatic carbocycles. The van der Waals surface area contributed by atoms with Gasteiger partial charge < -0.3 is 9.84 Å². The molecule has 9 heteroatoms. The SMILES string of the molecule is Cc1cc(N(CCC(=O)Nc2cccc(C#N)c2)S(C)(=O)=O)no1. The van der Waals surface area contributed by atoms with Crippen molar-refractivity contribution in [3.63, 3.8) is 0 Å². The van der Waals surface area contributed by atoms with Gasteiger partial charge in [-0.1, -0.05) is 11.2 Å². The number of nitriles is 1. The second kappa shape index (κ2) is 7.14. The number of anilines is 2. The number of aryl methyl sites for hydroxylation is 1. The van der Waals surface area contributed by atoms with Crippen molar-refractivity contribution < 1.29 is 17.7 Å². The highest BCUT2D eigenvalue weighted by atomic mass is 32.2. The van der Waals surface area contributed by atoms with Crippen LogP contribution >= 0.6 is 0 Å². The number of carbonyl (C=O) groups excluding carboxylic acids is 1. The average Bonchev–Trinajstić information content (AvgIpc) is 2.92. The van der Waals surface area contributed by atoms with E-state index in [4.69, 9.17) is 9.78 Å². The second-order valence-electron chi connectivity index (χ2n) is 5.12. The van der Waals surface area contributed by atoms with Gasteiger partial charge in [0, 0.05) is 24.7 Å². The summed E-state index contributed by atoms with van der Waals surface area (Å²) in [4.78, 5) is 12.0. The van der Waals surface area contributed by atoms with Crippen molar-refractivity contribution in [3.05, 3.63) is 41.7 Å². The molecule has 24 heavy (non-hydrogen) atoms. The van der Waals surface area contributed by atoms with Crippen molar-refractivity contribution in [1.29, 1.82) is 5.26 Å². The van der Waals surface area contributed by atoms with E-state index in [0.717, 1.165) is 10.6 Å². The molecule has 126 valence electrons. The van der Waals surface area contributed by atoms with Crippen molar-refractivity contribution in [2.75, 3.05) is 22.4 Å². The van der Waals surface area contributed by atoms with Crippen LogP contribution in [0.4, 0.5) is 11.5 Å². The van der Waals surface area contributed by atoms with Crippen LogP contribution in [0.25, 0.3) is 0 Å². The number of rotatable bonds is 6. The minimum Gasteiger partial charge on any atom is -0.360 e. The van der Waals surface area contributed by atoms with Crippen LogP contribution in [0.3, 0.4) is 0 Å². The van der Waals surface area contributed by atoms with E-state index in [-0.39, 0.29) is 24.7 Å². The Balaban J connectivity index is 2.04. The molecule has 2 rings (SSSR count). The van der Waals surface area contributed by atoms with Gasteiger partial charge in [0.15, 0.2) is 5.82 Å². The van der Waals surface area contributed by atoms with Crippen LogP contribution < -0.4 is 9.62 Å². The zero-order chi connectivity index (χ0) is 17.7. The van der Waals surface area contributed by atoms with Crippen LogP contribution in [0.1, 0.15) is 17.7 Å². The smallest absolute Gasteiger partial charge is 0.233 e. The summed E-state index contributed by atoms with van der Waals surface area (Å²) in [5.74, 6) is 0.227. The Bertz CT molecular complexity index is 883. The molecule has 0 radical (unpaired) electrons. The quantitative estimate of drug-likeness (QED) is 0.848. The molecular formula is C15H16N4O4S. The molecule has 1 N–H and O–H groups in total. The van der Waals surface area contributed by atoms with E-state index in [1.54, 1.807) is 25.1 Å². The summed E-state index contributed by atoms with van der Waals surface area (Å²) in [6, 6.07) is 9.91. The summed E-state index contributed by atoms with van der Waals surface area (Å²) in [6.07, 6.45) is 0.959. The van der Waals surface area contributed by atoms with Gasteiger partial charge in [0.05, 0.1) is 17.9 Å². The molecule has 8 nitrogen and oxygen atoms in total. The summed E-state index contributed by atoms with van der Waals surface area (Å²) >= 11 is 0. The standard InChI is InChI=1S/C15H16N4O4S/c1-11-8-14(18-23-11)19(24(2,21)22)7-6-15(20)17-13-5-3-4-12(9-13)10-16/h3-5,8-9H,6-7H2,1-2H3,(H,17,20). The number of sulfonamides is 1. The van der Waals surface area contributed by atoms with Crippen LogP contribution in [-0.2, 0) is 14.8 Å². The van der Waals surface area contributed by atoms with Crippen LogP contribution in [0.2, 0.25) is 0 Å². The molecule has 2 aromatic rings. The maximum atomic E-state index is 12.0. The van der Waals surface area contributed by atoms with Gasteiger partial charge in [-0.25, -0.2) is 8.42 Å². The maximum Gasteiger partial charge on any atom is 0.233 e. The minimum absolute atomic E-state index is 0.0737. The van der Waals surface area contributed by atoms with Gasteiger partial charge in [-0.3, -0.25) is 9.10 Å². The lowest BCUT2D eigenvalue weighted by Gasteiger charge is -2.18. The lowest BCUT2D eigenvalue weighted by Crippen LogP contribution is -2.33. The predicted octanol–water partition coefficient (Wildman–Crippen LogP) is 1.65. The number of nitrogens with one attached hydrogen (secondary N) is 1. The van der Waals surface area contributed by atoms with Gasteiger partial charge >= 0.3 is 0 Å². The number of nitrogens with zero attached hydrogens (tertiary/aromatic N) is 3. The van der Waals surface area contributed by atoms with E-state index < -0.39 is 10.0 Å². The third-order valence-electron chi connectivity index (χ3n) is 3.09. The van der Waals surface area contributed by atoms with Crippen molar-refractivity contribution in [1.82, 2.24) is 5.16 Å². The Morgan fingerprint density at radius 1 is 1.42 bits per heavy atom. The molecule has 0 atom stereocenters. The zero-order valence-electron chi connectivity index (χ0n) is 13.2. The lowest BCUT2D eigenvalue weighted by molar-refractivity contribution is -0.116. The van der Waals surface area contributed by atoms with E-state index in [9.17, 15) is 13.2 Å². The summed E-state index contributed by atoms with van der Waals surface area (Å²) in [5.41, 5.74) is 0.894. The molecule has 0 saturated heterocycles. The highest BCUT2D eigenvalue weighted by Crippen LogP contribution is 2.17. The highest BCUT2D eigenvalue weighted by molar-refractivity contribution is 7.92. The molecular weight excluding hydrogens is 332 g/mol. The molecule has 0 aliphatic rings. The summed E-state index contributed by atoms with van der Waals surface area (Å²) in [7, 11) is -3.60. The normalized spacial score (nSPS) is 10.9. The Kier molecular flexibility index (Phi) is 5.21. The Morgan fingerprint density at radius 2 is 2.17 bits per heavy atom. The number of carbonyl (C=O) groups is 1. The van der Waals surface area contributed by atoms with Gasteiger partial charge in [-0.05, 0) is 25.1 Å². The van der Waals surface area contributed by atoms with Crippen LogP contribution in [-0.4, -0.2) is 32.3 Å². The Hall–Kier alpha value is -2.86. The van der Waals surface area contributed by atoms with Gasteiger partial charge in [0.1, 0.15) is 5.76 Å². The number of hydrogen-bond acceptors (Lipinski definition) is 6. The van der Waals surface area contributed by atoms with E-state index in [1.807, 2.05) is 6.07 Å². The molecule has 1 aromatic heterocycles. The van der Waals surface area contributed by atoms with Crippen LogP contribution in [0.15, 0.2) is 34.9 Å². The minimum atomic E-state index is -3.60. The number of amides is 1. The van der Waals surface area contributed by atoms with Gasteiger partial charge in [-0.15, -0.1) is 0 Å². The molecule has 1 amide bonds. The largest absolute Gasteiger partial charge is 0.360 e. The fourth-order valence-corrected chi connectivity index (χ4v) is 2.86. The van der Waals surface area contributed by atoms with E-state index in [0.29, 0.717) is 17.0 Å². The Labute approximate surface area is 139 Å². The van der Waals surface area contributed by atoms with Crippen molar-refractivity contribution >= 4 is 27.4 Å². The highest BCUT2D eigenvalue weighted by Gasteiger charge is 2.21. The van der Waals surface area contributed by atoms with E-state index in [1.165, 1.54) is 12.1 Å². The van der Waals surface area contributed by atoms with Gasteiger partial charge in [0.2, 0.25) is 15.9 Å². The first-order valence-electron chi connectivity index (χ1n) is 7.00. The summed E-state index contributed by atoms with van der Waals surface area (Å²) in [5, 5.41) is 15.1. The van der Waals surface area contributed by atoms with Crippen LogP contribution in [0.5, 0.6) is 0 Å². The second-order valence-corrected chi connectivity index (χ2v) is 7.03. The van der Waals surface area contributed by atoms with Crippen molar-refractivity contribution in [2.45, 2.75) is 13.3 Å². The van der Waals surface area contributed by atoms with Crippen molar-refractivity contribution in [3.8, 4) is 6.07 Å². The number of aromatic nitrogens is 1. The molecule has 0 saturated carbocycles. The predicted molar refractivity (Wildman–Crippen MR) is 87.8 cm³/mol. The first kappa shape index (κ1) is 17.5. The molecule has 0 bridgehead atoms. The monoisotopic (exact) mass is 348 g/mol. The fraction of sp³-hybridized carbons (Fsp3) is 0.267. The fourth-order valence-electron chi connectivity index (χ4n) is 2.01. The average molecular weight is 348 g/mol. The lowest BCUT2D eigenvalue weighted by atomic mass is 10.2. The Morgan fingerprint density at radius 3 is 2.75 bits per heavy atom. The number of hydrogen-bond donors (Lipinski definition) is 1. The maximum absolute atomic E-state index is 12.0. The molecule has 0 unspecified atom stereocenters. The summed E-state index contributed by atoms with van der Waals surface area (Å²) < 4.78 is 29.6. The molecule has 0 spiro atoms. The summed E-state index contributed by atoms with van der Waals surface area (Å²) in [6.45, 7) is 1.57. The molecule has 1 aromatic carbocycles. The third kappa shape index (κ3) is 4.57. The molecule has 0 aliphatic heterocycles. The van der Waals surface area contributed by atoms with Gasteiger partial charge in [-0.2, -0.15) is 5.26 Å². The van der Waals surface area contributed by atoms with Crippen molar-refractivity contribution in [2.24, 2.45) is 0 Å². The number of benzene rings is 1. The molecule has 1 heterocycles. The first-order valence-corrected chi connectivity index (χ1v) is 8.85. The van der Waals surface area contributed by atoms with Crippen LogP contribution in [0, 0.1) is 18.3 Å². The third-order valence-corrected chi connectivity index (χ3v) is 4.26. The van der Waals surface area contributed by atoms with Gasteiger partial charge in [0.25, 0.3) is 0 Å². The van der Waals surface area contributed by atoms with E-state index in [2.05, 4.69) is 10.5 Å².